The highest BCUT2D eigenvalue weighted by Gasteiger charge is 2.19. The third-order valence-electron chi connectivity index (χ3n) is 2.82. The van der Waals surface area contributed by atoms with Gasteiger partial charge in [-0.3, -0.25) is 4.79 Å². The summed E-state index contributed by atoms with van der Waals surface area (Å²) in [6.45, 7) is 5.68. The van der Waals surface area contributed by atoms with Gasteiger partial charge in [0.15, 0.2) is 0 Å². The van der Waals surface area contributed by atoms with Gasteiger partial charge in [0.05, 0.1) is 5.69 Å². The number of amides is 1. The molecule has 2 aromatic rings. The number of phenolic OH excluding ortho intramolecular Hbond substituents is 1. The molecule has 5 nitrogen and oxygen atoms in total. The average Bonchev–Trinajstić information content (AvgIpc) is 2.84. The Kier molecular flexibility index (Phi) is 3.80. The Morgan fingerprint density at radius 2 is 2.16 bits per heavy atom. The molecule has 2 rings (SSSR count). The Hall–Kier alpha value is -1.95. The lowest BCUT2D eigenvalue weighted by Crippen LogP contribution is -2.13. The highest BCUT2D eigenvalue weighted by atomic mass is 32.1. The molecule has 0 aliphatic heterocycles. The maximum Gasteiger partial charge on any atom is 0.269 e. The number of nitrogens with zero attached hydrogens (tertiary/aromatic N) is 2. The Morgan fingerprint density at radius 1 is 1.42 bits per heavy atom. The van der Waals surface area contributed by atoms with E-state index < -0.39 is 0 Å². The summed E-state index contributed by atoms with van der Waals surface area (Å²) in [6, 6.07) is 5.02. The molecule has 1 amide bonds. The van der Waals surface area contributed by atoms with Gasteiger partial charge >= 0.3 is 0 Å². The first-order valence-corrected chi connectivity index (χ1v) is 6.70. The van der Waals surface area contributed by atoms with Crippen LogP contribution in [0.15, 0.2) is 18.2 Å². The van der Waals surface area contributed by atoms with Gasteiger partial charge in [-0.15, -0.1) is 5.10 Å². The number of hydrogen-bond acceptors (Lipinski definition) is 5. The van der Waals surface area contributed by atoms with Crippen molar-refractivity contribution in [1.29, 1.82) is 0 Å². The largest absolute Gasteiger partial charge is 0.508 e. The molecule has 0 spiro atoms. The van der Waals surface area contributed by atoms with Gasteiger partial charge in [0.25, 0.3) is 5.91 Å². The van der Waals surface area contributed by atoms with Crippen molar-refractivity contribution in [2.45, 2.75) is 26.7 Å². The zero-order chi connectivity index (χ0) is 14.0. The maximum absolute atomic E-state index is 12.2. The molecule has 0 atom stereocenters. The van der Waals surface area contributed by atoms with Crippen LogP contribution < -0.4 is 5.32 Å². The van der Waals surface area contributed by atoms with E-state index in [0.717, 1.165) is 11.5 Å². The van der Waals surface area contributed by atoms with E-state index in [1.165, 1.54) is 0 Å². The number of hydrogen-bond donors (Lipinski definition) is 2. The van der Waals surface area contributed by atoms with E-state index in [0.29, 0.717) is 21.8 Å². The monoisotopic (exact) mass is 277 g/mol. The van der Waals surface area contributed by atoms with Crippen LogP contribution in [0.1, 0.15) is 40.7 Å². The van der Waals surface area contributed by atoms with Gasteiger partial charge in [-0.05, 0) is 36.5 Å². The van der Waals surface area contributed by atoms with Crippen LogP contribution in [0.2, 0.25) is 0 Å². The van der Waals surface area contributed by atoms with Crippen molar-refractivity contribution in [2.75, 3.05) is 5.32 Å². The van der Waals surface area contributed by atoms with Crippen molar-refractivity contribution >= 4 is 23.1 Å². The van der Waals surface area contributed by atoms with Crippen molar-refractivity contribution in [3.8, 4) is 5.75 Å². The fourth-order valence-corrected chi connectivity index (χ4v) is 2.39. The van der Waals surface area contributed by atoms with E-state index in [-0.39, 0.29) is 17.6 Å². The van der Waals surface area contributed by atoms with E-state index in [1.54, 1.807) is 25.1 Å². The minimum absolute atomic E-state index is 0.143. The number of aromatic nitrogens is 2. The SMILES string of the molecule is Cc1c(O)cccc1NC(=O)c1snnc1C(C)C. The average molecular weight is 277 g/mol. The summed E-state index contributed by atoms with van der Waals surface area (Å²) in [5.41, 5.74) is 1.92. The van der Waals surface area contributed by atoms with E-state index in [1.807, 2.05) is 13.8 Å². The van der Waals surface area contributed by atoms with Crippen LogP contribution >= 0.6 is 11.5 Å². The van der Waals surface area contributed by atoms with Gasteiger partial charge in [0, 0.05) is 11.3 Å². The molecule has 0 aliphatic rings. The summed E-state index contributed by atoms with van der Waals surface area (Å²) < 4.78 is 3.83. The Balaban J connectivity index is 2.26. The molecule has 0 aliphatic carbocycles. The number of nitrogens with one attached hydrogen (secondary N) is 1. The fourth-order valence-electron chi connectivity index (χ4n) is 1.67. The summed E-state index contributed by atoms with van der Waals surface area (Å²) in [4.78, 5) is 12.7. The highest BCUT2D eigenvalue weighted by molar-refractivity contribution is 7.08. The first-order chi connectivity index (χ1) is 9.00. The zero-order valence-electron chi connectivity index (χ0n) is 11.0. The van der Waals surface area contributed by atoms with E-state index in [9.17, 15) is 9.90 Å². The second-order valence-electron chi connectivity index (χ2n) is 4.55. The zero-order valence-corrected chi connectivity index (χ0v) is 11.8. The van der Waals surface area contributed by atoms with Gasteiger partial charge in [-0.2, -0.15) is 0 Å². The van der Waals surface area contributed by atoms with Gasteiger partial charge in [-0.25, -0.2) is 0 Å². The Labute approximate surface area is 115 Å². The smallest absolute Gasteiger partial charge is 0.269 e. The van der Waals surface area contributed by atoms with Crippen LogP contribution in [0.3, 0.4) is 0 Å². The molecule has 0 unspecified atom stereocenters. The second-order valence-corrected chi connectivity index (χ2v) is 5.30. The summed E-state index contributed by atoms with van der Waals surface area (Å²) in [5, 5.41) is 16.4. The van der Waals surface area contributed by atoms with Crippen molar-refractivity contribution < 1.29 is 9.90 Å². The number of aromatic hydroxyl groups is 1. The standard InChI is InChI=1S/C13H15N3O2S/c1-7(2)11-12(19-16-15-11)13(18)14-9-5-4-6-10(17)8(9)3/h4-7,17H,1-3H3,(H,14,18). The van der Waals surface area contributed by atoms with E-state index >= 15 is 0 Å². The lowest BCUT2D eigenvalue weighted by molar-refractivity contribution is 0.102. The number of phenols is 1. The molecule has 1 heterocycles. The van der Waals surface area contributed by atoms with Crippen molar-refractivity contribution in [1.82, 2.24) is 9.59 Å². The van der Waals surface area contributed by atoms with E-state index in [2.05, 4.69) is 14.9 Å². The first kappa shape index (κ1) is 13.5. The van der Waals surface area contributed by atoms with Crippen molar-refractivity contribution in [3.63, 3.8) is 0 Å². The molecule has 0 saturated heterocycles. The number of anilines is 1. The predicted octanol–water partition coefficient (Wildman–Crippen LogP) is 2.93. The molecule has 100 valence electrons. The number of benzene rings is 1. The third kappa shape index (κ3) is 2.73. The van der Waals surface area contributed by atoms with Crippen LogP contribution in [-0.4, -0.2) is 20.6 Å². The minimum atomic E-state index is -0.243. The van der Waals surface area contributed by atoms with Crippen LogP contribution in [0.25, 0.3) is 0 Å². The molecule has 6 heteroatoms. The van der Waals surface area contributed by atoms with Gasteiger partial charge < -0.3 is 10.4 Å². The number of rotatable bonds is 3. The summed E-state index contributed by atoms with van der Waals surface area (Å²) in [5.74, 6) is 0.0569. The number of carbonyl (C=O) groups excluding carboxylic acids is 1. The molecule has 19 heavy (non-hydrogen) atoms. The first-order valence-electron chi connectivity index (χ1n) is 5.93. The number of carbonyl (C=O) groups is 1. The lowest BCUT2D eigenvalue weighted by atomic mass is 10.1. The fraction of sp³-hybridized carbons (Fsp3) is 0.308. The van der Waals surface area contributed by atoms with Gasteiger partial charge in [0.2, 0.25) is 0 Å². The highest BCUT2D eigenvalue weighted by Crippen LogP contribution is 2.26. The van der Waals surface area contributed by atoms with Crippen LogP contribution in [0.5, 0.6) is 5.75 Å². The van der Waals surface area contributed by atoms with Crippen LogP contribution in [-0.2, 0) is 0 Å². The molecular formula is C13H15N3O2S. The van der Waals surface area contributed by atoms with Gasteiger partial charge in [-0.1, -0.05) is 24.4 Å². The normalized spacial score (nSPS) is 10.7. The summed E-state index contributed by atoms with van der Waals surface area (Å²) in [7, 11) is 0. The molecule has 0 bridgehead atoms. The van der Waals surface area contributed by atoms with Crippen LogP contribution in [0, 0.1) is 6.92 Å². The second kappa shape index (κ2) is 5.36. The Morgan fingerprint density at radius 3 is 2.84 bits per heavy atom. The third-order valence-corrected chi connectivity index (χ3v) is 3.56. The molecule has 0 fully saturated rings. The predicted molar refractivity (Wildman–Crippen MR) is 74.8 cm³/mol. The summed E-state index contributed by atoms with van der Waals surface area (Å²) >= 11 is 1.08. The van der Waals surface area contributed by atoms with E-state index in [4.69, 9.17) is 0 Å². The molecule has 1 aromatic heterocycles. The summed E-state index contributed by atoms with van der Waals surface area (Å²) in [6.07, 6.45) is 0. The Bertz CT molecular complexity index is 608. The quantitative estimate of drug-likeness (QED) is 0.904. The molecule has 1 aromatic carbocycles. The van der Waals surface area contributed by atoms with Crippen molar-refractivity contribution in [3.05, 3.63) is 34.3 Å². The maximum atomic E-state index is 12.2. The van der Waals surface area contributed by atoms with Crippen molar-refractivity contribution in [2.24, 2.45) is 0 Å². The topological polar surface area (TPSA) is 75.1 Å². The van der Waals surface area contributed by atoms with Gasteiger partial charge in [0.1, 0.15) is 10.6 Å². The lowest BCUT2D eigenvalue weighted by Gasteiger charge is -2.09. The molecular weight excluding hydrogens is 262 g/mol. The molecule has 0 radical (unpaired) electrons. The molecule has 2 N–H and O–H groups in total. The van der Waals surface area contributed by atoms with Crippen LogP contribution in [0.4, 0.5) is 5.69 Å². The molecule has 0 saturated carbocycles. The minimum Gasteiger partial charge on any atom is -0.508 e.